The molecule has 0 saturated heterocycles. The lowest BCUT2D eigenvalue weighted by Gasteiger charge is -2.45. The van der Waals surface area contributed by atoms with E-state index in [0.717, 1.165) is 129 Å². The molecule has 0 unspecified atom stereocenters. The van der Waals surface area contributed by atoms with Gasteiger partial charge in [0.1, 0.15) is 0 Å². The highest BCUT2D eigenvalue weighted by molar-refractivity contribution is 7.00. The van der Waals surface area contributed by atoms with Crippen LogP contribution in [0, 0.1) is 0 Å². The van der Waals surface area contributed by atoms with Gasteiger partial charge in [-0.1, -0.05) is 249 Å². The number of fused-ring (bicyclic) bond motifs is 7. The van der Waals surface area contributed by atoms with Gasteiger partial charge in [0.15, 0.2) is 11.6 Å². The molecule has 438 valence electrons. The number of aromatic nitrogens is 5. The summed E-state index contributed by atoms with van der Waals surface area (Å²) in [5.41, 5.74) is 27.0. The Hall–Kier alpha value is -12.5. The molecule has 0 saturated carbocycles. The minimum absolute atomic E-state index is 0.0449. The van der Waals surface area contributed by atoms with Gasteiger partial charge in [-0.15, -0.1) is 0 Å². The molecule has 94 heavy (non-hydrogen) atoms. The summed E-state index contributed by atoms with van der Waals surface area (Å²) < 4.78 is 2.41. The Kier molecular flexibility index (Phi) is 13.2. The summed E-state index contributed by atoms with van der Waals surface area (Å²) >= 11 is 0. The molecule has 0 aliphatic carbocycles. The first-order chi connectivity index (χ1) is 46.6. The number of para-hydroxylation sites is 5. The zero-order chi connectivity index (χ0) is 62.1. The van der Waals surface area contributed by atoms with Crippen molar-refractivity contribution in [3.8, 4) is 95.7 Å². The molecule has 2 aliphatic heterocycles. The smallest absolute Gasteiger partial charge is 0.252 e. The van der Waals surface area contributed by atoms with Gasteiger partial charge in [0.2, 0.25) is 0 Å². The van der Waals surface area contributed by atoms with Crippen LogP contribution in [0.1, 0.15) is 0 Å². The molecular weight excluding hydrogens is 1140 g/mol. The molecule has 0 radical (unpaired) electrons. The quantitative estimate of drug-likeness (QED) is 0.120. The summed E-state index contributed by atoms with van der Waals surface area (Å²) in [4.78, 5) is 26.9. The van der Waals surface area contributed by atoms with Crippen molar-refractivity contribution in [1.82, 2.24) is 24.5 Å². The molecule has 0 N–H and O–H groups in total. The molecule has 0 atom stereocenters. The fourth-order valence-corrected chi connectivity index (χ4v) is 14.4. The normalized spacial score (nSPS) is 12.2. The van der Waals surface area contributed by atoms with Gasteiger partial charge in [0, 0.05) is 78.2 Å². The molecular formula is C86H56BN7. The number of nitrogens with zero attached hydrogens (tertiary/aromatic N) is 7. The Morgan fingerprint density at radius 3 is 1.37 bits per heavy atom. The van der Waals surface area contributed by atoms with Gasteiger partial charge in [-0.2, -0.15) is 0 Å². The second-order valence-corrected chi connectivity index (χ2v) is 24.1. The maximum Gasteiger partial charge on any atom is 0.252 e. The van der Waals surface area contributed by atoms with Crippen LogP contribution in [0.25, 0.3) is 118 Å². The maximum atomic E-state index is 5.81. The molecule has 8 heteroatoms. The molecule has 0 fully saturated rings. The van der Waals surface area contributed by atoms with Gasteiger partial charge >= 0.3 is 0 Å². The van der Waals surface area contributed by atoms with E-state index in [1.165, 1.54) is 27.6 Å². The topological polar surface area (TPSA) is 63.0 Å². The third-order valence-corrected chi connectivity index (χ3v) is 18.6. The first-order valence-corrected chi connectivity index (χ1v) is 32.0. The van der Waals surface area contributed by atoms with Crippen molar-refractivity contribution in [1.29, 1.82) is 0 Å². The summed E-state index contributed by atoms with van der Waals surface area (Å²) in [6.45, 7) is -0.0449. The molecule has 7 nitrogen and oxygen atoms in total. The highest BCUT2D eigenvalue weighted by Crippen LogP contribution is 2.49. The predicted molar refractivity (Wildman–Crippen MR) is 389 cm³/mol. The van der Waals surface area contributed by atoms with Crippen molar-refractivity contribution in [2.24, 2.45) is 0 Å². The maximum absolute atomic E-state index is 5.81. The minimum atomic E-state index is -0.0449. The molecule has 0 amide bonds. The van der Waals surface area contributed by atoms with E-state index in [9.17, 15) is 0 Å². The molecule has 13 aromatic carbocycles. The fourth-order valence-electron chi connectivity index (χ4n) is 14.4. The average Bonchev–Trinajstić information content (AvgIpc) is 0.781. The van der Waals surface area contributed by atoms with Crippen molar-refractivity contribution >= 4 is 79.0 Å². The number of rotatable bonds is 11. The highest BCUT2D eigenvalue weighted by atomic mass is 15.2. The lowest BCUT2D eigenvalue weighted by molar-refractivity contribution is 1.15. The van der Waals surface area contributed by atoms with E-state index < -0.39 is 0 Å². The van der Waals surface area contributed by atoms with Crippen LogP contribution in [-0.4, -0.2) is 31.2 Å². The van der Waals surface area contributed by atoms with Gasteiger partial charge < -0.3 is 14.4 Å². The van der Waals surface area contributed by atoms with Gasteiger partial charge in [-0.05, 0) is 124 Å². The Labute approximate surface area is 545 Å². The van der Waals surface area contributed by atoms with Gasteiger partial charge in [-0.3, -0.25) is 0 Å². The van der Waals surface area contributed by atoms with E-state index in [1.807, 2.05) is 24.3 Å². The monoisotopic (exact) mass is 1200 g/mol. The molecule has 0 bridgehead atoms. The Bertz CT molecular complexity index is 5500. The van der Waals surface area contributed by atoms with Crippen molar-refractivity contribution in [2.45, 2.75) is 0 Å². The number of hydrogen-bond acceptors (Lipinski definition) is 6. The third-order valence-electron chi connectivity index (χ3n) is 18.6. The molecule has 3 aromatic heterocycles. The van der Waals surface area contributed by atoms with Crippen LogP contribution in [0.2, 0.25) is 0 Å². The molecule has 18 rings (SSSR count). The summed E-state index contributed by atoms with van der Waals surface area (Å²) in [7, 11) is 0. The highest BCUT2D eigenvalue weighted by Gasteiger charge is 2.44. The average molecular weight is 1200 g/mol. The SMILES string of the molecule is c1ccc(-c2ccc3c(c2)c2ccccc2n3-c2ccc(-c3cc(-c4ccccc4)nc(-c4ccccc4)n3)cc2-c2cc(-c3ccccc3)nc(-c3cccc(-c4ccc5c6c4N(c4ccccc4)c4ccccc4B6c4ccccc4N5c4ccccc4)c3)n2)cc1. The zero-order valence-corrected chi connectivity index (χ0v) is 51.0. The molecule has 16 aromatic rings. The van der Waals surface area contributed by atoms with Gasteiger partial charge in [0.25, 0.3) is 6.71 Å². The summed E-state index contributed by atoms with van der Waals surface area (Å²) in [5, 5.41) is 2.32. The summed E-state index contributed by atoms with van der Waals surface area (Å²) in [6.07, 6.45) is 0. The van der Waals surface area contributed by atoms with Crippen molar-refractivity contribution in [2.75, 3.05) is 9.80 Å². The van der Waals surface area contributed by atoms with Crippen molar-refractivity contribution in [3.63, 3.8) is 0 Å². The second-order valence-electron chi connectivity index (χ2n) is 24.1. The number of hydrogen-bond donors (Lipinski definition) is 0. The lowest BCUT2D eigenvalue weighted by atomic mass is 9.33. The Morgan fingerprint density at radius 2 is 0.713 bits per heavy atom. The van der Waals surface area contributed by atoms with Gasteiger partial charge in [-0.25, -0.2) is 19.9 Å². The third kappa shape index (κ3) is 9.30. The lowest BCUT2D eigenvalue weighted by Crippen LogP contribution is -2.61. The Morgan fingerprint density at radius 1 is 0.245 bits per heavy atom. The summed E-state index contributed by atoms with van der Waals surface area (Å²) in [6, 6.07) is 121. The van der Waals surface area contributed by atoms with E-state index >= 15 is 0 Å². The largest absolute Gasteiger partial charge is 0.311 e. The Balaban J connectivity index is 0.872. The van der Waals surface area contributed by atoms with Crippen LogP contribution in [-0.2, 0) is 0 Å². The van der Waals surface area contributed by atoms with Crippen LogP contribution in [0.3, 0.4) is 0 Å². The van der Waals surface area contributed by atoms with Crippen LogP contribution < -0.4 is 26.2 Å². The standard InChI is InChI=1S/C86H56BN7/c1-7-26-57(27-8-1)61-46-49-78-69(53-61)68-40-19-22-43-77(68)94(78)79-50-47-63(75-55-73(58-28-9-2-10-29-58)88-85(90-75)60-32-13-4-14-33-60)54-70(79)76-56-74(59-30-11-3-12-31-59)89-86(91-76)64-35-25-34-62(52-64)67-48-51-82-83-84(67)93(66-38-17-6-18-39-66)81-45-24-21-42-72(81)87(83)71-41-20-23-44-80(71)92(82)65-36-15-5-16-37-65/h1-56H. The zero-order valence-electron chi connectivity index (χ0n) is 51.0. The van der Waals surface area contributed by atoms with Gasteiger partial charge in [0.05, 0.1) is 45.2 Å². The first-order valence-electron chi connectivity index (χ1n) is 32.0. The number of anilines is 6. The number of benzene rings is 13. The van der Waals surface area contributed by atoms with E-state index in [4.69, 9.17) is 19.9 Å². The van der Waals surface area contributed by atoms with Crippen molar-refractivity contribution in [3.05, 3.63) is 340 Å². The van der Waals surface area contributed by atoms with E-state index in [1.54, 1.807) is 0 Å². The molecule has 0 spiro atoms. The first kappa shape index (κ1) is 54.4. The predicted octanol–water partition coefficient (Wildman–Crippen LogP) is 19.8. The van der Waals surface area contributed by atoms with E-state index in [-0.39, 0.29) is 6.71 Å². The van der Waals surface area contributed by atoms with Crippen LogP contribution in [0.15, 0.2) is 340 Å². The van der Waals surface area contributed by atoms with E-state index in [0.29, 0.717) is 11.6 Å². The molecule has 2 aliphatic rings. The van der Waals surface area contributed by atoms with Crippen LogP contribution >= 0.6 is 0 Å². The van der Waals surface area contributed by atoms with Crippen LogP contribution in [0.4, 0.5) is 34.1 Å². The minimum Gasteiger partial charge on any atom is -0.311 e. The van der Waals surface area contributed by atoms with Crippen LogP contribution in [0.5, 0.6) is 0 Å². The summed E-state index contributed by atoms with van der Waals surface area (Å²) in [5.74, 6) is 1.25. The second kappa shape index (κ2) is 22.8. The fraction of sp³-hybridized carbons (Fsp3) is 0. The van der Waals surface area contributed by atoms with Crippen molar-refractivity contribution < 1.29 is 0 Å². The van der Waals surface area contributed by atoms with E-state index in [2.05, 4.69) is 330 Å². The molecule has 5 heterocycles.